The summed E-state index contributed by atoms with van der Waals surface area (Å²) in [7, 11) is 3.93. The summed E-state index contributed by atoms with van der Waals surface area (Å²) in [6, 6.07) is 6.97. The van der Waals surface area contributed by atoms with Gasteiger partial charge in [0.2, 0.25) is 0 Å². The van der Waals surface area contributed by atoms with E-state index in [4.69, 9.17) is 19.9 Å². The molecular formula is C23H32N6O5. The molecule has 0 spiro atoms. The van der Waals surface area contributed by atoms with E-state index in [1.807, 2.05) is 19.0 Å². The summed E-state index contributed by atoms with van der Waals surface area (Å²) in [6.45, 7) is 3.95. The van der Waals surface area contributed by atoms with Crippen LogP contribution >= 0.6 is 0 Å². The van der Waals surface area contributed by atoms with Gasteiger partial charge in [-0.2, -0.15) is 9.97 Å². The van der Waals surface area contributed by atoms with Crippen LogP contribution < -0.4 is 20.9 Å². The van der Waals surface area contributed by atoms with Gasteiger partial charge in [-0.15, -0.1) is 0 Å². The molecule has 0 aliphatic heterocycles. The van der Waals surface area contributed by atoms with Gasteiger partial charge in [0.15, 0.2) is 11.5 Å². The number of carbonyl (C=O) groups excluding carboxylic acids is 1. The summed E-state index contributed by atoms with van der Waals surface area (Å²) in [5, 5.41) is 0. The van der Waals surface area contributed by atoms with Crippen molar-refractivity contribution < 1.29 is 19.0 Å². The van der Waals surface area contributed by atoms with Crippen LogP contribution in [0.25, 0.3) is 11.2 Å². The number of fused-ring (bicyclic) bond motifs is 1. The molecule has 0 amide bonds. The van der Waals surface area contributed by atoms with E-state index in [2.05, 4.69) is 21.9 Å². The number of H-pyrrole nitrogens is 1. The summed E-state index contributed by atoms with van der Waals surface area (Å²) in [4.78, 5) is 38.1. The van der Waals surface area contributed by atoms with E-state index < -0.39 is 5.97 Å². The van der Waals surface area contributed by atoms with E-state index in [0.717, 1.165) is 25.8 Å². The van der Waals surface area contributed by atoms with Crippen LogP contribution in [0, 0.1) is 0 Å². The zero-order valence-corrected chi connectivity index (χ0v) is 19.9. The lowest BCUT2D eigenvalue weighted by Crippen LogP contribution is -2.21. The zero-order chi connectivity index (χ0) is 24.5. The monoisotopic (exact) mass is 472 g/mol. The molecule has 2 aromatic heterocycles. The number of para-hydroxylation sites is 1. The van der Waals surface area contributed by atoms with Gasteiger partial charge in [0, 0.05) is 6.54 Å². The first-order valence-corrected chi connectivity index (χ1v) is 11.3. The van der Waals surface area contributed by atoms with Gasteiger partial charge < -0.3 is 29.8 Å². The SMILES string of the molecule is CCCCOc1nc(N)c2[nH]c(=O)n(CCOc3ccccc3C(=O)OCCCN(C)C)c2n1. The number of nitrogens with two attached hydrogens (primary N) is 1. The van der Waals surface area contributed by atoms with Crippen molar-refractivity contribution in [3.8, 4) is 11.8 Å². The molecule has 184 valence electrons. The second-order valence-electron chi connectivity index (χ2n) is 8.01. The molecule has 0 atom stereocenters. The summed E-state index contributed by atoms with van der Waals surface area (Å²) in [5.74, 6) is 0.0642. The number of carbonyl (C=O) groups is 1. The number of rotatable bonds is 13. The Bertz CT molecular complexity index is 1160. The lowest BCUT2D eigenvalue weighted by Gasteiger charge is -2.12. The van der Waals surface area contributed by atoms with E-state index in [9.17, 15) is 9.59 Å². The molecule has 2 heterocycles. The fourth-order valence-electron chi connectivity index (χ4n) is 3.24. The predicted octanol–water partition coefficient (Wildman–Crippen LogP) is 2.07. The molecule has 3 rings (SSSR count). The van der Waals surface area contributed by atoms with Gasteiger partial charge in [-0.05, 0) is 39.1 Å². The maximum Gasteiger partial charge on any atom is 0.341 e. The molecule has 34 heavy (non-hydrogen) atoms. The van der Waals surface area contributed by atoms with Gasteiger partial charge >= 0.3 is 17.7 Å². The number of hydrogen-bond acceptors (Lipinski definition) is 9. The van der Waals surface area contributed by atoms with Crippen molar-refractivity contribution >= 4 is 23.0 Å². The number of benzene rings is 1. The number of anilines is 1. The number of nitrogens with zero attached hydrogens (tertiary/aromatic N) is 4. The van der Waals surface area contributed by atoms with Gasteiger partial charge in [0.05, 0.1) is 19.8 Å². The number of nitrogen functional groups attached to an aromatic ring is 1. The van der Waals surface area contributed by atoms with Crippen molar-refractivity contribution in [2.75, 3.05) is 46.2 Å². The lowest BCUT2D eigenvalue weighted by molar-refractivity contribution is 0.0488. The van der Waals surface area contributed by atoms with Crippen LogP contribution in [0.3, 0.4) is 0 Å². The molecule has 0 radical (unpaired) electrons. The highest BCUT2D eigenvalue weighted by molar-refractivity contribution is 5.92. The van der Waals surface area contributed by atoms with Crippen molar-refractivity contribution in [3.63, 3.8) is 0 Å². The number of nitrogens with one attached hydrogen (secondary N) is 1. The number of hydrogen-bond donors (Lipinski definition) is 2. The second kappa shape index (κ2) is 12.0. The Balaban J connectivity index is 1.67. The zero-order valence-electron chi connectivity index (χ0n) is 19.9. The Morgan fingerprint density at radius 2 is 1.91 bits per heavy atom. The first-order chi connectivity index (χ1) is 16.4. The molecule has 11 heteroatoms. The number of unbranched alkanes of at least 4 members (excludes halogenated alkanes) is 1. The number of imidazole rings is 1. The molecule has 0 aliphatic rings. The molecule has 3 N–H and O–H groups in total. The molecule has 0 bridgehead atoms. The fraction of sp³-hybridized carbons (Fsp3) is 0.478. The summed E-state index contributed by atoms with van der Waals surface area (Å²) >= 11 is 0. The van der Waals surface area contributed by atoms with Crippen LogP contribution in [0.1, 0.15) is 36.5 Å². The van der Waals surface area contributed by atoms with Crippen molar-refractivity contribution in [1.82, 2.24) is 24.4 Å². The molecule has 0 saturated heterocycles. The van der Waals surface area contributed by atoms with E-state index in [1.54, 1.807) is 24.3 Å². The Morgan fingerprint density at radius 3 is 2.68 bits per heavy atom. The van der Waals surface area contributed by atoms with Crippen molar-refractivity contribution in [2.45, 2.75) is 32.7 Å². The van der Waals surface area contributed by atoms with Gasteiger partial charge in [0.25, 0.3) is 0 Å². The third-order valence-corrected chi connectivity index (χ3v) is 5.02. The average Bonchev–Trinajstić information content (AvgIpc) is 3.13. The van der Waals surface area contributed by atoms with E-state index in [1.165, 1.54) is 4.57 Å². The first kappa shape index (κ1) is 25.0. The largest absolute Gasteiger partial charge is 0.491 e. The van der Waals surface area contributed by atoms with Crippen molar-refractivity contribution in [1.29, 1.82) is 0 Å². The third kappa shape index (κ3) is 6.47. The highest BCUT2D eigenvalue weighted by atomic mass is 16.5. The molecule has 0 saturated carbocycles. The van der Waals surface area contributed by atoms with Crippen LogP contribution in [-0.2, 0) is 11.3 Å². The number of aromatic amines is 1. The maximum atomic E-state index is 12.5. The highest BCUT2D eigenvalue weighted by Gasteiger charge is 2.16. The summed E-state index contributed by atoms with van der Waals surface area (Å²) in [5.41, 5.74) is 6.60. The summed E-state index contributed by atoms with van der Waals surface area (Å²) < 4.78 is 18.2. The van der Waals surface area contributed by atoms with Gasteiger partial charge in [-0.3, -0.25) is 4.57 Å². The third-order valence-electron chi connectivity index (χ3n) is 5.02. The lowest BCUT2D eigenvalue weighted by atomic mass is 10.2. The normalized spacial score (nSPS) is 11.2. The van der Waals surface area contributed by atoms with E-state index >= 15 is 0 Å². The van der Waals surface area contributed by atoms with Gasteiger partial charge in [-0.1, -0.05) is 25.5 Å². The molecule has 11 nitrogen and oxygen atoms in total. The summed E-state index contributed by atoms with van der Waals surface area (Å²) in [6.07, 6.45) is 2.56. The average molecular weight is 473 g/mol. The Morgan fingerprint density at radius 1 is 1.12 bits per heavy atom. The number of esters is 1. The Kier molecular flexibility index (Phi) is 8.86. The minimum atomic E-state index is -0.451. The highest BCUT2D eigenvalue weighted by Crippen LogP contribution is 2.20. The number of aromatic nitrogens is 4. The van der Waals surface area contributed by atoms with E-state index in [-0.39, 0.29) is 30.7 Å². The second-order valence-corrected chi connectivity index (χ2v) is 8.01. The van der Waals surface area contributed by atoms with Crippen LogP contribution in [0.15, 0.2) is 29.1 Å². The Labute approximate surface area is 197 Å². The van der Waals surface area contributed by atoms with E-state index in [0.29, 0.717) is 35.7 Å². The molecule has 0 unspecified atom stereocenters. The molecular weight excluding hydrogens is 440 g/mol. The Hall–Kier alpha value is -3.60. The number of ether oxygens (including phenoxy) is 3. The van der Waals surface area contributed by atoms with Gasteiger partial charge in [-0.25, -0.2) is 9.59 Å². The van der Waals surface area contributed by atoms with Crippen LogP contribution in [0.5, 0.6) is 11.8 Å². The molecule has 1 aromatic carbocycles. The topological polar surface area (TPSA) is 138 Å². The quantitative estimate of drug-likeness (QED) is 0.283. The van der Waals surface area contributed by atoms with Crippen molar-refractivity contribution in [2.24, 2.45) is 0 Å². The smallest absolute Gasteiger partial charge is 0.341 e. The fourth-order valence-corrected chi connectivity index (χ4v) is 3.24. The van der Waals surface area contributed by atoms with Gasteiger partial charge in [0.1, 0.15) is 23.4 Å². The minimum absolute atomic E-state index is 0.119. The maximum absolute atomic E-state index is 12.5. The predicted molar refractivity (Wildman–Crippen MR) is 128 cm³/mol. The van der Waals surface area contributed by atoms with Crippen LogP contribution in [-0.4, -0.2) is 70.8 Å². The van der Waals surface area contributed by atoms with Crippen LogP contribution in [0.4, 0.5) is 5.82 Å². The standard InChI is InChI=1S/C23H32N6O5/c1-4-5-13-34-22-26-19(24)18-20(27-22)29(23(31)25-18)12-15-32-17-10-7-6-9-16(17)21(30)33-14-8-11-28(2)3/h6-7,9-10H,4-5,8,11-15H2,1-3H3,(H,25,31)(H2,24,26,27). The minimum Gasteiger partial charge on any atom is -0.491 e. The molecule has 0 aliphatic carbocycles. The first-order valence-electron chi connectivity index (χ1n) is 11.3. The molecule has 0 fully saturated rings. The molecule has 3 aromatic rings. The van der Waals surface area contributed by atoms with Crippen LogP contribution in [0.2, 0.25) is 0 Å². The van der Waals surface area contributed by atoms with Crippen molar-refractivity contribution in [3.05, 3.63) is 40.3 Å².